The summed E-state index contributed by atoms with van der Waals surface area (Å²) < 4.78 is 42.7. The molecule has 9 heteroatoms. The topological polar surface area (TPSA) is 84.9 Å². The number of ether oxygens (including phenoxy) is 2. The number of carbonyl (C=O) groups is 1. The Hall–Kier alpha value is -2.55. The number of halogens is 1. The monoisotopic (exact) mass is 652 g/mol. The van der Waals surface area contributed by atoms with Crippen LogP contribution < -0.4 is 14.4 Å². The number of carbonyl (C=O) groups excluding carboxylic acids is 1. The first-order chi connectivity index (χ1) is 21.7. The summed E-state index contributed by atoms with van der Waals surface area (Å²) in [6, 6.07) is 11.7. The molecule has 1 N–H and O–H groups in total. The fraction of sp³-hybridized carbons (Fsp3) is 0.583. The Morgan fingerprint density at radius 2 is 1.98 bits per heavy atom. The molecule has 7 rings (SSSR count). The summed E-state index contributed by atoms with van der Waals surface area (Å²) in [4.78, 5) is 16.1. The van der Waals surface area contributed by atoms with Gasteiger partial charge in [-0.1, -0.05) is 49.6 Å². The molecular formula is C36H45ClN2O5S. The minimum absolute atomic E-state index is 0.0254. The molecule has 2 heterocycles. The molecular weight excluding hydrogens is 608 g/mol. The van der Waals surface area contributed by atoms with E-state index < -0.39 is 21.2 Å². The third kappa shape index (κ3) is 6.15. The van der Waals surface area contributed by atoms with Crippen LogP contribution in [0.15, 0.2) is 48.6 Å². The zero-order valence-corrected chi connectivity index (χ0v) is 27.9. The molecule has 2 bridgehead atoms. The minimum atomic E-state index is -3.90. The van der Waals surface area contributed by atoms with E-state index in [2.05, 4.69) is 33.9 Å². The fourth-order valence-electron chi connectivity index (χ4n) is 8.38. The van der Waals surface area contributed by atoms with Crippen LogP contribution in [-0.2, 0) is 26.6 Å². The Labute approximate surface area is 272 Å². The number of allylic oxidation sites excluding steroid dienone is 1. The van der Waals surface area contributed by atoms with Gasteiger partial charge in [-0.25, -0.2) is 13.1 Å². The van der Waals surface area contributed by atoms with Gasteiger partial charge in [0.2, 0.25) is 10.0 Å². The van der Waals surface area contributed by atoms with E-state index in [0.717, 1.165) is 74.5 Å². The van der Waals surface area contributed by atoms with Crippen LogP contribution in [0, 0.1) is 23.7 Å². The van der Waals surface area contributed by atoms with E-state index >= 15 is 0 Å². The van der Waals surface area contributed by atoms with Gasteiger partial charge in [-0.3, -0.25) is 4.79 Å². The lowest BCUT2D eigenvalue weighted by molar-refractivity contribution is 0.0131. The van der Waals surface area contributed by atoms with Crippen molar-refractivity contribution in [1.82, 2.24) is 4.72 Å². The van der Waals surface area contributed by atoms with Crippen LogP contribution in [0.2, 0.25) is 5.02 Å². The molecule has 1 spiro atoms. The van der Waals surface area contributed by atoms with Crippen LogP contribution >= 0.6 is 11.6 Å². The van der Waals surface area contributed by atoms with Crippen LogP contribution in [-0.4, -0.2) is 52.5 Å². The molecule has 45 heavy (non-hydrogen) atoms. The van der Waals surface area contributed by atoms with Crippen molar-refractivity contribution in [1.29, 1.82) is 0 Å². The number of rotatable bonds is 3. The van der Waals surface area contributed by atoms with Crippen molar-refractivity contribution in [3.8, 4) is 5.75 Å². The number of hydrogen-bond donors (Lipinski definition) is 1. The summed E-state index contributed by atoms with van der Waals surface area (Å²) in [5.41, 5.74) is 3.53. The third-order valence-corrected chi connectivity index (χ3v) is 13.4. The highest BCUT2D eigenvalue weighted by Crippen LogP contribution is 2.47. The summed E-state index contributed by atoms with van der Waals surface area (Å²) >= 11 is 6.43. The summed E-state index contributed by atoms with van der Waals surface area (Å²) in [5, 5.41) is 0.119. The maximum Gasteiger partial charge on any atom is 0.264 e. The normalized spacial score (nSPS) is 33.5. The lowest BCUT2D eigenvalue weighted by atomic mass is 9.68. The number of anilines is 1. The van der Waals surface area contributed by atoms with Gasteiger partial charge < -0.3 is 14.4 Å². The molecule has 5 aliphatic rings. The Balaban J connectivity index is 1.29. The van der Waals surface area contributed by atoms with Crippen LogP contribution in [0.4, 0.5) is 5.69 Å². The van der Waals surface area contributed by atoms with Gasteiger partial charge in [0.05, 0.1) is 23.6 Å². The van der Waals surface area contributed by atoms with Gasteiger partial charge >= 0.3 is 0 Å². The van der Waals surface area contributed by atoms with Crippen molar-refractivity contribution in [2.24, 2.45) is 23.7 Å². The molecule has 0 radical (unpaired) electrons. The predicted molar refractivity (Wildman–Crippen MR) is 178 cm³/mol. The van der Waals surface area contributed by atoms with Crippen molar-refractivity contribution in [2.45, 2.75) is 81.5 Å². The molecule has 2 aromatic carbocycles. The van der Waals surface area contributed by atoms with E-state index in [1.54, 1.807) is 13.2 Å². The SMILES string of the molecule is CO[C@H]1/C=C/C[C@@H](C)[C@H](CC2CC2)S(=O)(=O)NC(=O)c2ccc3c(c2)N(C[C@@H]2CC[C@H]21)C[C@@]1(CCCc2cc(Cl)ccc21)CO3. The second kappa shape index (κ2) is 12.2. The molecule has 2 aliphatic heterocycles. The first-order valence-electron chi connectivity index (χ1n) is 16.7. The number of methoxy groups -OCH3 is 1. The standard InChI is InChI=1S/C36H45ClN2O5S/c1-23-5-3-7-32(43-2)29-13-10-27(29)20-39-21-36(16-4-6-25-18-28(37)12-14-30(25)36)22-44-33-15-11-26(19-31(33)39)35(40)38-45(41,42)34(23)17-24-8-9-24/h3,7,11-12,14-15,18-19,23-24,27,29,32,34H,4-6,8-10,13,16-17,20-22H2,1-2H3,(H,38,40)/b7-3+/t23-,27+,29-,32+,34+,36+/m1/s1. The third-order valence-electron chi connectivity index (χ3n) is 11.3. The quantitative estimate of drug-likeness (QED) is 0.373. The van der Waals surface area contributed by atoms with E-state index in [9.17, 15) is 13.2 Å². The van der Waals surface area contributed by atoms with Crippen LogP contribution in [0.25, 0.3) is 0 Å². The molecule has 0 unspecified atom stereocenters. The van der Waals surface area contributed by atoms with Gasteiger partial charge in [-0.05, 0) is 110 Å². The Morgan fingerprint density at radius 1 is 1.13 bits per heavy atom. The molecule has 2 aromatic rings. The molecule has 0 saturated heterocycles. The molecule has 0 aromatic heterocycles. The van der Waals surface area contributed by atoms with Gasteiger partial charge in [0.25, 0.3) is 5.91 Å². The minimum Gasteiger partial charge on any atom is -0.490 e. The average Bonchev–Trinajstić information content (AvgIpc) is 3.84. The maximum absolute atomic E-state index is 13.8. The lowest BCUT2D eigenvalue weighted by Crippen LogP contribution is -2.49. The Morgan fingerprint density at radius 3 is 2.73 bits per heavy atom. The summed E-state index contributed by atoms with van der Waals surface area (Å²) in [6.45, 7) is 4.07. The summed E-state index contributed by atoms with van der Waals surface area (Å²) in [6.07, 6.45) is 12.8. The van der Waals surface area contributed by atoms with Gasteiger partial charge in [0.1, 0.15) is 5.75 Å². The molecule has 7 nitrogen and oxygen atoms in total. The number of fused-ring (bicyclic) bond motifs is 4. The first-order valence-corrected chi connectivity index (χ1v) is 18.6. The second-order valence-electron chi connectivity index (χ2n) is 14.3. The molecule has 6 atom stereocenters. The molecule has 242 valence electrons. The maximum atomic E-state index is 13.8. The van der Waals surface area contributed by atoms with Crippen molar-refractivity contribution in [2.75, 3.05) is 31.7 Å². The largest absolute Gasteiger partial charge is 0.490 e. The highest BCUT2D eigenvalue weighted by molar-refractivity contribution is 7.90. The lowest BCUT2D eigenvalue weighted by Gasteiger charge is -2.46. The van der Waals surface area contributed by atoms with E-state index in [-0.39, 0.29) is 17.4 Å². The first kappa shape index (κ1) is 31.1. The predicted octanol–water partition coefficient (Wildman–Crippen LogP) is 6.68. The van der Waals surface area contributed by atoms with E-state index in [0.29, 0.717) is 42.8 Å². The van der Waals surface area contributed by atoms with Gasteiger partial charge in [-0.2, -0.15) is 0 Å². The second-order valence-corrected chi connectivity index (χ2v) is 16.7. The highest BCUT2D eigenvalue weighted by atomic mass is 35.5. The molecule has 3 aliphatic carbocycles. The van der Waals surface area contributed by atoms with Crippen LogP contribution in [0.3, 0.4) is 0 Å². The number of benzene rings is 2. The van der Waals surface area contributed by atoms with Gasteiger partial charge in [0.15, 0.2) is 0 Å². The number of nitrogens with one attached hydrogen (secondary N) is 1. The number of hydrogen-bond acceptors (Lipinski definition) is 6. The Kier molecular flexibility index (Phi) is 8.45. The van der Waals surface area contributed by atoms with E-state index in [4.69, 9.17) is 21.1 Å². The van der Waals surface area contributed by atoms with Crippen molar-refractivity contribution in [3.05, 3.63) is 70.3 Å². The molecule has 1 amide bonds. The summed E-state index contributed by atoms with van der Waals surface area (Å²) in [5.74, 6) is 1.22. The highest BCUT2D eigenvalue weighted by Gasteiger charge is 2.45. The summed E-state index contributed by atoms with van der Waals surface area (Å²) in [7, 11) is -2.12. The average molecular weight is 653 g/mol. The van der Waals surface area contributed by atoms with Crippen LogP contribution in [0.1, 0.15) is 79.8 Å². The zero-order valence-electron chi connectivity index (χ0n) is 26.3. The number of sulfonamides is 1. The number of nitrogens with zero attached hydrogens (tertiary/aromatic N) is 1. The van der Waals surface area contributed by atoms with Crippen molar-refractivity contribution < 1.29 is 22.7 Å². The fourth-order valence-corrected chi connectivity index (χ4v) is 10.3. The molecule has 2 fully saturated rings. The van der Waals surface area contributed by atoms with Gasteiger partial charge in [-0.15, -0.1) is 0 Å². The molecule has 2 saturated carbocycles. The zero-order chi connectivity index (χ0) is 31.3. The van der Waals surface area contributed by atoms with E-state index in [1.165, 1.54) is 11.1 Å². The number of aryl methyl sites for hydroxylation is 1. The number of amides is 1. The Bertz CT molecular complexity index is 1590. The van der Waals surface area contributed by atoms with Crippen molar-refractivity contribution >= 4 is 33.2 Å². The smallest absolute Gasteiger partial charge is 0.264 e. The van der Waals surface area contributed by atoms with Crippen LogP contribution in [0.5, 0.6) is 5.75 Å². The van der Waals surface area contributed by atoms with Gasteiger partial charge in [0, 0.05) is 36.2 Å². The van der Waals surface area contributed by atoms with Crippen molar-refractivity contribution in [3.63, 3.8) is 0 Å². The van der Waals surface area contributed by atoms with E-state index in [1.807, 2.05) is 25.1 Å².